The summed E-state index contributed by atoms with van der Waals surface area (Å²) in [6, 6.07) is 9.22. The van der Waals surface area contributed by atoms with E-state index in [4.69, 9.17) is 4.99 Å². The van der Waals surface area contributed by atoms with Crippen LogP contribution in [-0.4, -0.2) is 74.7 Å². The maximum atomic E-state index is 4.94. The largest absolute Gasteiger partial charge is 0.357 e. The number of piperazine rings is 1. The molecule has 0 amide bonds. The smallest absolute Gasteiger partial charge is 0.191 e. The normalized spacial score (nSPS) is 21.7. The van der Waals surface area contributed by atoms with Gasteiger partial charge in [0.15, 0.2) is 5.96 Å². The van der Waals surface area contributed by atoms with Gasteiger partial charge in [0.2, 0.25) is 0 Å². The van der Waals surface area contributed by atoms with E-state index < -0.39 is 0 Å². The van der Waals surface area contributed by atoms with Gasteiger partial charge in [0, 0.05) is 55.2 Å². The molecule has 1 aromatic carbocycles. The molecule has 1 saturated carbocycles. The predicted molar refractivity (Wildman–Crippen MR) is 118 cm³/mol. The lowest BCUT2D eigenvalue weighted by Crippen LogP contribution is -2.52. The Labute approximate surface area is 172 Å². The standard InChI is InChI=1S/C21H34BrN5/c1-4-23-20(24-15-17(2)27-12-10-26(3)11-13-27)25-16-21(8-9-21)18-6-5-7-19(22)14-18/h5-7,14,17H,4,8-13,15-16H2,1-3H3,(H2,23,24,25). The van der Waals surface area contributed by atoms with Gasteiger partial charge in [-0.15, -0.1) is 0 Å². The number of nitrogens with one attached hydrogen (secondary N) is 2. The monoisotopic (exact) mass is 435 g/mol. The zero-order valence-electron chi connectivity index (χ0n) is 17.0. The van der Waals surface area contributed by atoms with Crippen LogP contribution in [0, 0.1) is 0 Å². The Morgan fingerprint density at radius 2 is 1.96 bits per heavy atom. The quantitative estimate of drug-likeness (QED) is 0.510. The molecule has 1 aliphatic carbocycles. The van der Waals surface area contributed by atoms with E-state index in [1.54, 1.807) is 0 Å². The summed E-state index contributed by atoms with van der Waals surface area (Å²) in [5.41, 5.74) is 1.64. The van der Waals surface area contributed by atoms with E-state index in [2.05, 4.69) is 81.5 Å². The maximum Gasteiger partial charge on any atom is 0.191 e. The summed E-state index contributed by atoms with van der Waals surface area (Å²) in [6.45, 7) is 11.7. The Bertz CT molecular complexity index is 635. The van der Waals surface area contributed by atoms with Crippen LogP contribution in [0.15, 0.2) is 33.7 Å². The molecule has 1 unspecified atom stereocenters. The Balaban J connectivity index is 1.55. The Hall–Kier alpha value is -1.11. The molecule has 2 fully saturated rings. The van der Waals surface area contributed by atoms with Crippen LogP contribution in [-0.2, 0) is 5.41 Å². The van der Waals surface area contributed by atoms with Crippen LogP contribution in [0.4, 0.5) is 0 Å². The molecule has 1 saturated heterocycles. The van der Waals surface area contributed by atoms with Gasteiger partial charge >= 0.3 is 0 Å². The minimum absolute atomic E-state index is 0.231. The Kier molecular flexibility index (Phi) is 7.17. The molecule has 0 radical (unpaired) electrons. The molecule has 1 aliphatic heterocycles. The van der Waals surface area contributed by atoms with Crippen LogP contribution in [0.2, 0.25) is 0 Å². The highest BCUT2D eigenvalue weighted by molar-refractivity contribution is 9.10. The third-order valence-electron chi connectivity index (χ3n) is 5.90. The first-order chi connectivity index (χ1) is 13.0. The zero-order chi connectivity index (χ0) is 19.3. The lowest BCUT2D eigenvalue weighted by Gasteiger charge is -2.36. The molecule has 3 rings (SSSR count). The van der Waals surface area contributed by atoms with E-state index >= 15 is 0 Å². The molecule has 6 heteroatoms. The number of hydrogen-bond donors (Lipinski definition) is 2. The minimum Gasteiger partial charge on any atom is -0.357 e. The summed E-state index contributed by atoms with van der Waals surface area (Å²) in [5.74, 6) is 0.944. The number of likely N-dealkylation sites (N-methyl/N-ethyl adjacent to an activating group) is 1. The van der Waals surface area contributed by atoms with Gasteiger partial charge in [-0.25, -0.2) is 0 Å². The second kappa shape index (κ2) is 9.39. The van der Waals surface area contributed by atoms with Crippen molar-refractivity contribution in [2.45, 2.75) is 38.1 Å². The van der Waals surface area contributed by atoms with Crippen molar-refractivity contribution in [2.75, 3.05) is 52.9 Å². The first-order valence-corrected chi connectivity index (χ1v) is 11.0. The van der Waals surface area contributed by atoms with Crippen LogP contribution in [0.25, 0.3) is 0 Å². The molecule has 1 aromatic rings. The molecule has 0 aromatic heterocycles. The fourth-order valence-corrected chi connectivity index (χ4v) is 4.11. The molecule has 2 N–H and O–H groups in total. The molecule has 27 heavy (non-hydrogen) atoms. The van der Waals surface area contributed by atoms with Crippen molar-refractivity contribution < 1.29 is 0 Å². The minimum atomic E-state index is 0.231. The summed E-state index contributed by atoms with van der Waals surface area (Å²) in [5, 5.41) is 6.98. The molecular weight excluding hydrogens is 402 g/mol. The van der Waals surface area contributed by atoms with E-state index in [1.165, 1.54) is 18.4 Å². The molecular formula is C21H34BrN5. The highest BCUT2D eigenvalue weighted by Gasteiger charge is 2.44. The van der Waals surface area contributed by atoms with Crippen LogP contribution in [0.1, 0.15) is 32.3 Å². The van der Waals surface area contributed by atoms with Crippen molar-refractivity contribution in [2.24, 2.45) is 4.99 Å². The highest BCUT2D eigenvalue weighted by Crippen LogP contribution is 2.48. The van der Waals surface area contributed by atoms with E-state index in [9.17, 15) is 0 Å². The fourth-order valence-electron chi connectivity index (χ4n) is 3.72. The van der Waals surface area contributed by atoms with E-state index in [1.807, 2.05) is 0 Å². The maximum absolute atomic E-state index is 4.94. The molecule has 5 nitrogen and oxygen atoms in total. The van der Waals surface area contributed by atoms with Crippen molar-refractivity contribution in [3.05, 3.63) is 34.3 Å². The summed E-state index contributed by atoms with van der Waals surface area (Å²) < 4.78 is 1.15. The summed E-state index contributed by atoms with van der Waals surface area (Å²) >= 11 is 3.60. The number of hydrogen-bond acceptors (Lipinski definition) is 3. The SMILES string of the molecule is CCNC(=NCC1(c2cccc(Br)c2)CC1)NCC(C)N1CCN(C)CC1. The van der Waals surface area contributed by atoms with Crippen molar-refractivity contribution in [1.82, 2.24) is 20.4 Å². The second-order valence-corrected chi connectivity index (χ2v) is 8.97. The number of nitrogens with zero attached hydrogens (tertiary/aromatic N) is 3. The van der Waals surface area contributed by atoms with Crippen LogP contribution in [0.5, 0.6) is 0 Å². The van der Waals surface area contributed by atoms with Crippen molar-refractivity contribution in [3.8, 4) is 0 Å². The summed E-state index contributed by atoms with van der Waals surface area (Å²) in [6.07, 6.45) is 2.45. The Morgan fingerprint density at radius 1 is 1.22 bits per heavy atom. The number of guanidine groups is 1. The van der Waals surface area contributed by atoms with E-state index in [-0.39, 0.29) is 5.41 Å². The van der Waals surface area contributed by atoms with Gasteiger partial charge in [-0.3, -0.25) is 9.89 Å². The van der Waals surface area contributed by atoms with Crippen molar-refractivity contribution in [3.63, 3.8) is 0 Å². The zero-order valence-corrected chi connectivity index (χ0v) is 18.6. The van der Waals surface area contributed by atoms with Crippen molar-refractivity contribution >= 4 is 21.9 Å². The van der Waals surface area contributed by atoms with Gasteiger partial charge in [-0.1, -0.05) is 28.1 Å². The Morgan fingerprint density at radius 3 is 2.59 bits per heavy atom. The van der Waals surface area contributed by atoms with Gasteiger partial charge in [-0.05, 0) is 51.4 Å². The van der Waals surface area contributed by atoms with Gasteiger partial charge in [0.05, 0.1) is 6.54 Å². The average molecular weight is 436 g/mol. The van der Waals surface area contributed by atoms with Gasteiger partial charge in [0.25, 0.3) is 0 Å². The van der Waals surface area contributed by atoms with Gasteiger partial charge in [0.1, 0.15) is 0 Å². The molecule has 0 spiro atoms. The van der Waals surface area contributed by atoms with Gasteiger partial charge in [-0.2, -0.15) is 0 Å². The molecule has 150 valence electrons. The first kappa shape index (κ1) is 20.6. The number of rotatable bonds is 7. The van der Waals surface area contributed by atoms with Gasteiger partial charge < -0.3 is 15.5 Å². The highest BCUT2D eigenvalue weighted by atomic mass is 79.9. The first-order valence-electron chi connectivity index (χ1n) is 10.2. The number of benzene rings is 1. The fraction of sp³-hybridized carbons (Fsp3) is 0.667. The number of aliphatic imine (C=N–C) groups is 1. The lowest BCUT2D eigenvalue weighted by molar-refractivity contribution is 0.120. The predicted octanol–water partition coefficient (Wildman–Crippen LogP) is 2.67. The third-order valence-corrected chi connectivity index (χ3v) is 6.39. The molecule has 1 heterocycles. The molecule has 2 aliphatic rings. The lowest BCUT2D eigenvalue weighted by atomic mass is 9.96. The summed E-state index contributed by atoms with van der Waals surface area (Å²) in [7, 11) is 2.20. The second-order valence-electron chi connectivity index (χ2n) is 8.06. The molecule has 1 atom stereocenters. The van der Waals surface area contributed by atoms with E-state index in [0.29, 0.717) is 6.04 Å². The van der Waals surface area contributed by atoms with Crippen LogP contribution in [0.3, 0.4) is 0 Å². The molecule has 0 bridgehead atoms. The van der Waals surface area contributed by atoms with Crippen LogP contribution < -0.4 is 10.6 Å². The third kappa shape index (κ3) is 5.69. The van der Waals surface area contributed by atoms with Crippen molar-refractivity contribution in [1.29, 1.82) is 0 Å². The average Bonchev–Trinajstić information content (AvgIpc) is 3.45. The van der Waals surface area contributed by atoms with Crippen LogP contribution >= 0.6 is 15.9 Å². The number of halogens is 1. The summed E-state index contributed by atoms with van der Waals surface area (Å²) in [4.78, 5) is 9.91. The van der Waals surface area contributed by atoms with E-state index in [0.717, 1.165) is 56.2 Å². The topological polar surface area (TPSA) is 42.9 Å².